The molecule has 0 spiro atoms. The number of alkyl halides is 9. The van der Waals surface area contributed by atoms with Crippen LogP contribution in [0, 0.1) is 29.1 Å². The molecule has 0 amide bonds. The SMILES string of the molecule is C[C@]12CC[C@@H]3c4ccc(O)cc4C[C@@H](CCCCCCCC[C@@H](CCCC(F)(F)C(F)(F)C(F)(F)C(F)(F)F)C(=O)O)[C@H]3[C@@H]1CC[C@@H]2O. The van der Waals surface area contributed by atoms with E-state index in [0.717, 1.165) is 64.2 Å². The third-order valence-electron chi connectivity index (χ3n) is 11.8. The lowest BCUT2D eigenvalue weighted by atomic mass is 9.52. The zero-order chi connectivity index (χ0) is 35.7. The molecule has 7 atom stereocenters. The average molecular weight is 703 g/mol. The van der Waals surface area contributed by atoms with E-state index in [2.05, 4.69) is 13.0 Å². The van der Waals surface area contributed by atoms with Crippen LogP contribution in [0.3, 0.4) is 0 Å². The summed E-state index contributed by atoms with van der Waals surface area (Å²) >= 11 is 0. The van der Waals surface area contributed by atoms with Crippen LogP contribution in [-0.4, -0.2) is 51.3 Å². The lowest BCUT2D eigenvalue weighted by Crippen LogP contribution is -2.60. The third-order valence-corrected chi connectivity index (χ3v) is 11.8. The number of hydrogen-bond donors (Lipinski definition) is 3. The maximum atomic E-state index is 13.8. The highest BCUT2D eigenvalue weighted by molar-refractivity contribution is 5.69. The van der Waals surface area contributed by atoms with Gasteiger partial charge in [0, 0.05) is 6.42 Å². The number of benzene rings is 1. The zero-order valence-electron chi connectivity index (χ0n) is 27.2. The van der Waals surface area contributed by atoms with E-state index in [-0.39, 0.29) is 23.7 Å². The number of halogens is 9. The molecule has 3 N–H and O–H groups in total. The predicted octanol–water partition coefficient (Wildman–Crippen LogP) is 10.3. The molecule has 2 fully saturated rings. The van der Waals surface area contributed by atoms with Gasteiger partial charge in [0.1, 0.15) is 5.75 Å². The topological polar surface area (TPSA) is 77.8 Å². The number of phenols is 1. The number of aliphatic hydroxyl groups is 1. The van der Waals surface area contributed by atoms with E-state index < -0.39 is 55.1 Å². The van der Waals surface area contributed by atoms with Gasteiger partial charge in [-0.2, -0.15) is 39.5 Å². The molecule has 0 bridgehead atoms. The smallest absolute Gasteiger partial charge is 0.460 e. The van der Waals surface area contributed by atoms with Crippen LogP contribution in [0.5, 0.6) is 5.75 Å². The summed E-state index contributed by atoms with van der Waals surface area (Å²) in [5.74, 6) is -19.9. The molecule has 0 unspecified atom stereocenters. The average Bonchev–Trinajstić information content (AvgIpc) is 3.29. The molecular weight excluding hydrogens is 655 g/mol. The normalized spacial score (nSPS) is 28.4. The van der Waals surface area contributed by atoms with Crippen LogP contribution in [0.1, 0.15) is 120 Å². The Morgan fingerprint density at radius 1 is 0.875 bits per heavy atom. The number of aliphatic hydroxyl groups excluding tert-OH is 1. The lowest BCUT2D eigenvalue weighted by Gasteiger charge is -2.53. The van der Waals surface area contributed by atoms with Crippen molar-refractivity contribution in [1.29, 1.82) is 0 Å². The van der Waals surface area contributed by atoms with E-state index in [9.17, 15) is 59.6 Å². The number of aromatic hydroxyl groups is 1. The van der Waals surface area contributed by atoms with Crippen molar-refractivity contribution in [2.45, 2.75) is 146 Å². The molecule has 0 heterocycles. The molecule has 2 saturated carbocycles. The maximum Gasteiger partial charge on any atom is 0.460 e. The summed E-state index contributed by atoms with van der Waals surface area (Å²) in [6.07, 6.45) is -0.270. The van der Waals surface area contributed by atoms with E-state index in [0.29, 0.717) is 36.5 Å². The molecule has 4 rings (SSSR count). The zero-order valence-corrected chi connectivity index (χ0v) is 27.2. The largest absolute Gasteiger partial charge is 0.508 e. The van der Waals surface area contributed by atoms with Crippen molar-refractivity contribution < 1.29 is 59.6 Å². The van der Waals surface area contributed by atoms with Gasteiger partial charge < -0.3 is 15.3 Å². The first kappa shape index (κ1) is 38.6. The highest BCUT2D eigenvalue weighted by Crippen LogP contribution is 2.63. The van der Waals surface area contributed by atoms with Crippen LogP contribution in [0.4, 0.5) is 39.5 Å². The van der Waals surface area contributed by atoms with Crippen molar-refractivity contribution >= 4 is 5.97 Å². The number of carbonyl (C=O) groups is 1. The number of hydrogen-bond acceptors (Lipinski definition) is 3. The quantitative estimate of drug-likeness (QED) is 0.118. The fraction of sp³-hybridized carbons (Fsp3) is 0.800. The molecule has 4 nitrogen and oxygen atoms in total. The van der Waals surface area contributed by atoms with Crippen LogP contribution in [-0.2, 0) is 11.2 Å². The van der Waals surface area contributed by atoms with Gasteiger partial charge in [-0.1, -0.05) is 51.5 Å². The Kier molecular flexibility index (Phi) is 11.7. The number of fused-ring (bicyclic) bond motifs is 5. The molecule has 0 aromatic heterocycles. The van der Waals surface area contributed by atoms with Crippen molar-refractivity contribution in [3.8, 4) is 5.75 Å². The molecule has 3 aliphatic rings. The van der Waals surface area contributed by atoms with Crippen molar-refractivity contribution in [1.82, 2.24) is 0 Å². The number of rotatable bonds is 16. The van der Waals surface area contributed by atoms with Crippen LogP contribution < -0.4 is 0 Å². The maximum absolute atomic E-state index is 13.8. The van der Waals surface area contributed by atoms with Crippen molar-refractivity contribution in [2.75, 3.05) is 0 Å². The van der Waals surface area contributed by atoms with Crippen molar-refractivity contribution in [3.63, 3.8) is 0 Å². The van der Waals surface area contributed by atoms with Crippen LogP contribution in [0.25, 0.3) is 0 Å². The Balaban J connectivity index is 1.20. The van der Waals surface area contributed by atoms with Gasteiger partial charge in [-0.15, -0.1) is 0 Å². The van der Waals surface area contributed by atoms with Gasteiger partial charge in [0.2, 0.25) is 0 Å². The van der Waals surface area contributed by atoms with E-state index in [1.165, 1.54) is 11.1 Å². The number of aliphatic carboxylic acids is 1. The van der Waals surface area contributed by atoms with E-state index >= 15 is 0 Å². The molecule has 274 valence electrons. The monoisotopic (exact) mass is 702 g/mol. The van der Waals surface area contributed by atoms with E-state index in [4.69, 9.17) is 0 Å². The van der Waals surface area contributed by atoms with Gasteiger partial charge in [-0.3, -0.25) is 4.79 Å². The summed E-state index contributed by atoms with van der Waals surface area (Å²) in [6, 6.07) is 5.71. The summed E-state index contributed by atoms with van der Waals surface area (Å²) in [5.41, 5.74) is 2.45. The fourth-order valence-corrected chi connectivity index (χ4v) is 9.06. The van der Waals surface area contributed by atoms with Crippen LogP contribution in [0.2, 0.25) is 0 Å². The van der Waals surface area contributed by atoms with Gasteiger partial charge in [0.05, 0.1) is 12.0 Å². The minimum atomic E-state index is -6.94. The first-order valence-electron chi connectivity index (χ1n) is 17.2. The third kappa shape index (κ3) is 7.60. The molecule has 48 heavy (non-hydrogen) atoms. The van der Waals surface area contributed by atoms with Gasteiger partial charge in [0.25, 0.3) is 0 Å². The number of carboxylic acid groups (broad SMARTS) is 1. The van der Waals surface area contributed by atoms with Crippen molar-refractivity contribution in [2.24, 2.45) is 29.1 Å². The molecular formula is C35H47F9O4. The highest BCUT2D eigenvalue weighted by Gasteiger charge is 2.81. The van der Waals surface area contributed by atoms with Gasteiger partial charge in [-0.05, 0) is 110 Å². The summed E-state index contributed by atoms with van der Waals surface area (Å²) in [5, 5.41) is 30.4. The Morgan fingerprint density at radius 2 is 1.50 bits per heavy atom. The number of phenolic OH excluding ortho intramolecular Hbond substituents is 1. The second-order valence-corrected chi connectivity index (χ2v) is 14.8. The minimum absolute atomic E-state index is 0.0411. The van der Waals surface area contributed by atoms with Gasteiger partial charge >= 0.3 is 29.9 Å². The Morgan fingerprint density at radius 3 is 2.15 bits per heavy atom. The van der Waals surface area contributed by atoms with Crippen LogP contribution >= 0.6 is 0 Å². The highest BCUT2D eigenvalue weighted by atomic mass is 19.4. The number of unbranched alkanes of at least 4 members (excludes halogenated alkanes) is 5. The molecule has 0 radical (unpaired) electrons. The Labute approximate surface area is 275 Å². The molecule has 0 saturated heterocycles. The standard InChI is InChI=1S/C35H47F9O4/c1-31-18-16-26-25-13-12-24(45)20-23(25)19-22(29(26)27(31)14-15-28(31)46)10-7-5-3-2-4-6-9-21(30(47)48)11-8-17-32(36,37)33(38,39)34(40,41)35(42,43)44/h12-13,20-22,26-29,45-46H,2-11,14-19H2,1H3,(H,47,48)/t21-,22+,26+,27-,28-,29+,31-/m0/s1. The van der Waals surface area contributed by atoms with Crippen molar-refractivity contribution in [3.05, 3.63) is 29.3 Å². The van der Waals surface area contributed by atoms with E-state index in [1.54, 1.807) is 6.07 Å². The molecule has 1 aromatic carbocycles. The number of carboxylic acids is 1. The fourth-order valence-electron chi connectivity index (χ4n) is 9.06. The minimum Gasteiger partial charge on any atom is -0.508 e. The molecule has 1 aromatic rings. The second-order valence-electron chi connectivity index (χ2n) is 14.8. The first-order valence-corrected chi connectivity index (χ1v) is 17.2. The first-order chi connectivity index (χ1) is 22.2. The second kappa shape index (κ2) is 14.6. The molecule has 13 heteroatoms. The van der Waals surface area contributed by atoms with Gasteiger partial charge in [-0.25, -0.2) is 0 Å². The summed E-state index contributed by atoms with van der Waals surface area (Å²) in [4.78, 5) is 11.6. The Hall–Kier alpha value is -2.18. The Bertz CT molecular complexity index is 1250. The predicted molar refractivity (Wildman–Crippen MR) is 160 cm³/mol. The van der Waals surface area contributed by atoms with Crippen LogP contribution in [0.15, 0.2) is 18.2 Å². The van der Waals surface area contributed by atoms with E-state index in [1.807, 2.05) is 6.07 Å². The van der Waals surface area contributed by atoms with Gasteiger partial charge in [0.15, 0.2) is 0 Å². The summed E-state index contributed by atoms with van der Waals surface area (Å²) < 4.78 is 118. The lowest BCUT2D eigenvalue weighted by molar-refractivity contribution is -0.396. The summed E-state index contributed by atoms with van der Waals surface area (Å²) in [7, 11) is 0. The molecule has 0 aliphatic heterocycles. The molecule has 3 aliphatic carbocycles. The summed E-state index contributed by atoms with van der Waals surface area (Å²) in [6.45, 7) is 2.23.